The first kappa shape index (κ1) is 12.2. The molecule has 3 N–H and O–H groups in total. The summed E-state index contributed by atoms with van der Waals surface area (Å²) in [5, 5.41) is 2.86. The van der Waals surface area contributed by atoms with Gasteiger partial charge >= 0.3 is 0 Å². The lowest BCUT2D eigenvalue weighted by atomic mass is 10.1. The summed E-state index contributed by atoms with van der Waals surface area (Å²) in [6, 6.07) is 8.73. The van der Waals surface area contributed by atoms with Crippen molar-refractivity contribution in [2.45, 2.75) is 19.9 Å². The van der Waals surface area contributed by atoms with Gasteiger partial charge in [-0.05, 0) is 43.7 Å². The lowest BCUT2D eigenvalue weighted by Gasteiger charge is -2.12. The van der Waals surface area contributed by atoms with E-state index in [2.05, 4.69) is 5.32 Å². The van der Waals surface area contributed by atoms with Gasteiger partial charge in [0.1, 0.15) is 5.76 Å². The zero-order chi connectivity index (χ0) is 13.1. The van der Waals surface area contributed by atoms with Gasteiger partial charge in [0.2, 0.25) is 0 Å². The van der Waals surface area contributed by atoms with E-state index < -0.39 is 0 Å². The van der Waals surface area contributed by atoms with Crippen molar-refractivity contribution in [2.75, 3.05) is 5.73 Å². The van der Waals surface area contributed by atoms with Crippen LogP contribution >= 0.6 is 0 Å². The average Bonchev–Trinajstić information content (AvgIpc) is 2.86. The van der Waals surface area contributed by atoms with E-state index in [1.165, 1.54) is 0 Å². The number of benzene rings is 1. The summed E-state index contributed by atoms with van der Waals surface area (Å²) in [5.74, 6) is 0.564. The van der Waals surface area contributed by atoms with Gasteiger partial charge < -0.3 is 15.5 Å². The van der Waals surface area contributed by atoms with Crippen molar-refractivity contribution < 1.29 is 9.21 Å². The normalized spacial score (nSPS) is 12.1. The van der Waals surface area contributed by atoms with Crippen LogP contribution in [0.1, 0.15) is 34.6 Å². The quantitative estimate of drug-likeness (QED) is 0.815. The number of amides is 1. The van der Waals surface area contributed by atoms with Crippen molar-refractivity contribution in [3.63, 3.8) is 0 Å². The molecule has 1 aromatic carbocycles. The molecule has 0 fully saturated rings. The van der Waals surface area contributed by atoms with Gasteiger partial charge in [-0.15, -0.1) is 0 Å². The fraction of sp³-hybridized carbons (Fsp3) is 0.214. The van der Waals surface area contributed by atoms with Gasteiger partial charge in [-0.3, -0.25) is 4.79 Å². The largest absolute Gasteiger partial charge is 0.467 e. The second kappa shape index (κ2) is 4.96. The van der Waals surface area contributed by atoms with Crippen LogP contribution < -0.4 is 11.1 Å². The summed E-state index contributed by atoms with van der Waals surface area (Å²) >= 11 is 0. The highest BCUT2D eigenvalue weighted by atomic mass is 16.3. The van der Waals surface area contributed by atoms with E-state index >= 15 is 0 Å². The van der Waals surface area contributed by atoms with Gasteiger partial charge in [0, 0.05) is 11.3 Å². The molecule has 0 spiro atoms. The van der Waals surface area contributed by atoms with Crippen LogP contribution in [0.25, 0.3) is 0 Å². The maximum Gasteiger partial charge on any atom is 0.251 e. The molecule has 1 unspecified atom stereocenters. The Morgan fingerprint density at radius 2 is 2.17 bits per heavy atom. The molecule has 94 valence electrons. The van der Waals surface area contributed by atoms with E-state index in [4.69, 9.17) is 10.2 Å². The first-order chi connectivity index (χ1) is 8.58. The average molecular weight is 244 g/mol. The Labute approximate surface area is 106 Å². The summed E-state index contributed by atoms with van der Waals surface area (Å²) in [4.78, 5) is 12.0. The number of aryl methyl sites for hydroxylation is 1. The van der Waals surface area contributed by atoms with Crippen LogP contribution in [0.5, 0.6) is 0 Å². The van der Waals surface area contributed by atoms with E-state index in [1.54, 1.807) is 24.5 Å². The van der Waals surface area contributed by atoms with Gasteiger partial charge in [0.15, 0.2) is 0 Å². The molecular formula is C14H16N2O2. The first-order valence-electron chi connectivity index (χ1n) is 5.78. The molecule has 2 rings (SSSR count). The minimum absolute atomic E-state index is 0.161. The number of anilines is 1. The molecule has 0 aliphatic heterocycles. The molecule has 1 heterocycles. The fourth-order valence-electron chi connectivity index (χ4n) is 1.67. The maximum atomic E-state index is 12.0. The second-order valence-electron chi connectivity index (χ2n) is 4.28. The van der Waals surface area contributed by atoms with Crippen molar-refractivity contribution in [1.82, 2.24) is 5.32 Å². The number of hydrogen-bond acceptors (Lipinski definition) is 3. The number of nitrogens with one attached hydrogen (secondary N) is 1. The third-order valence-electron chi connectivity index (χ3n) is 2.86. The molecule has 4 nitrogen and oxygen atoms in total. The Kier molecular flexibility index (Phi) is 3.37. The highest BCUT2D eigenvalue weighted by Gasteiger charge is 2.13. The predicted octanol–water partition coefficient (Wildman–Crippen LogP) is 2.66. The van der Waals surface area contributed by atoms with Crippen LogP contribution in [0.2, 0.25) is 0 Å². The van der Waals surface area contributed by atoms with Crippen LogP contribution in [0.4, 0.5) is 5.69 Å². The number of hydrogen-bond donors (Lipinski definition) is 2. The van der Waals surface area contributed by atoms with Gasteiger partial charge in [-0.2, -0.15) is 0 Å². The fourth-order valence-corrected chi connectivity index (χ4v) is 1.67. The SMILES string of the molecule is Cc1ccc(C(=O)NC(C)c2ccco2)cc1N. The van der Waals surface area contributed by atoms with E-state index in [0.29, 0.717) is 11.3 Å². The van der Waals surface area contributed by atoms with Crippen molar-refractivity contribution in [3.8, 4) is 0 Å². The third-order valence-corrected chi connectivity index (χ3v) is 2.86. The highest BCUT2D eigenvalue weighted by Crippen LogP contribution is 2.16. The van der Waals surface area contributed by atoms with Crippen molar-refractivity contribution in [1.29, 1.82) is 0 Å². The molecule has 0 aliphatic rings. The molecule has 1 atom stereocenters. The second-order valence-corrected chi connectivity index (χ2v) is 4.28. The molecule has 0 bridgehead atoms. The molecule has 0 saturated carbocycles. The van der Waals surface area contributed by atoms with E-state index in [-0.39, 0.29) is 11.9 Å². The third kappa shape index (κ3) is 2.53. The summed E-state index contributed by atoms with van der Waals surface area (Å²) in [5.41, 5.74) is 7.92. The number of carbonyl (C=O) groups excluding carboxylic acids is 1. The molecule has 18 heavy (non-hydrogen) atoms. The predicted molar refractivity (Wildman–Crippen MR) is 70.2 cm³/mol. The number of furan rings is 1. The standard InChI is InChI=1S/C14H16N2O2/c1-9-5-6-11(8-12(9)15)14(17)16-10(2)13-4-3-7-18-13/h3-8,10H,15H2,1-2H3,(H,16,17). The van der Waals surface area contributed by atoms with Crippen LogP contribution in [-0.2, 0) is 0 Å². The smallest absolute Gasteiger partial charge is 0.251 e. The zero-order valence-corrected chi connectivity index (χ0v) is 10.4. The number of nitrogens with two attached hydrogens (primary N) is 1. The summed E-state index contributed by atoms with van der Waals surface area (Å²) in [6.45, 7) is 3.77. The number of nitrogen functional groups attached to an aromatic ring is 1. The number of carbonyl (C=O) groups is 1. The monoisotopic (exact) mass is 244 g/mol. The molecule has 4 heteroatoms. The van der Waals surface area contributed by atoms with Crippen LogP contribution in [0, 0.1) is 6.92 Å². The van der Waals surface area contributed by atoms with Gasteiger partial charge in [0.05, 0.1) is 12.3 Å². The molecule has 0 radical (unpaired) electrons. The molecule has 1 amide bonds. The van der Waals surface area contributed by atoms with Crippen molar-refractivity contribution >= 4 is 11.6 Å². The zero-order valence-electron chi connectivity index (χ0n) is 10.4. The molecule has 0 aliphatic carbocycles. The van der Waals surface area contributed by atoms with E-state index in [0.717, 1.165) is 11.3 Å². The van der Waals surface area contributed by atoms with Gasteiger partial charge in [0.25, 0.3) is 5.91 Å². The lowest BCUT2D eigenvalue weighted by Crippen LogP contribution is -2.26. The Balaban J connectivity index is 2.10. The lowest BCUT2D eigenvalue weighted by molar-refractivity contribution is 0.0935. The summed E-state index contributed by atoms with van der Waals surface area (Å²) in [6.07, 6.45) is 1.59. The topological polar surface area (TPSA) is 68.3 Å². The molecule has 0 saturated heterocycles. The Morgan fingerprint density at radius 1 is 1.39 bits per heavy atom. The molecule has 1 aromatic heterocycles. The van der Waals surface area contributed by atoms with Gasteiger partial charge in [-0.1, -0.05) is 6.07 Å². The Hall–Kier alpha value is -2.23. The van der Waals surface area contributed by atoms with Crippen LogP contribution in [0.3, 0.4) is 0 Å². The summed E-state index contributed by atoms with van der Waals surface area (Å²) < 4.78 is 5.24. The van der Waals surface area contributed by atoms with E-state index in [9.17, 15) is 4.79 Å². The van der Waals surface area contributed by atoms with E-state index in [1.807, 2.05) is 26.0 Å². The highest BCUT2D eigenvalue weighted by molar-refractivity contribution is 5.95. The minimum atomic E-state index is -0.171. The maximum absolute atomic E-state index is 12.0. The summed E-state index contributed by atoms with van der Waals surface area (Å²) in [7, 11) is 0. The Morgan fingerprint density at radius 3 is 2.78 bits per heavy atom. The molecular weight excluding hydrogens is 228 g/mol. The first-order valence-corrected chi connectivity index (χ1v) is 5.78. The van der Waals surface area contributed by atoms with Crippen molar-refractivity contribution in [3.05, 3.63) is 53.5 Å². The Bertz CT molecular complexity index is 547. The van der Waals surface area contributed by atoms with Crippen molar-refractivity contribution in [2.24, 2.45) is 0 Å². The van der Waals surface area contributed by atoms with Crippen LogP contribution in [0.15, 0.2) is 41.0 Å². The van der Waals surface area contributed by atoms with Gasteiger partial charge in [-0.25, -0.2) is 0 Å². The number of rotatable bonds is 3. The molecule has 2 aromatic rings. The van der Waals surface area contributed by atoms with Crippen LogP contribution in [-0.4, -0.2) is 5.91 Å². The minimum Gasteiger partial charge on any atom is -0.467 e.